The number of amides is 1. The molecule has 4 nitrogen and oxygen atoms in total. The van der Waals surface area contributed by atoms with Crippen molar-refractivity contribution in [1.82, 2.24) is 9.88 Å². The zero-order chi connectivity index (χ0) is 15.1. The van der Waals surface area contributed by atoms with Crippen molar-refractivity contribution < 1.29 is 4.79 Å². The van der Waals surface area contributed by atoms with Crippen LogP contribution >= 0.6 is 11.8 Å². The second kappa shape index (κ2) is 5.07. The maximum absolute atomic E-state index is 12.3. The fourth-order valence-corrected chi connectivity index (χ4v) is 3.61. The summed E-state index contributed by atoms with van der Waals surface area (Å²) < 4.78 is 0. The van der Waals surface area contributed by atoms with Crippen molar-refractivity contribution in [3.8, 4) is 11.3 Å². The van der Waals surface area contributed by atoms with E-state index in [1.54, 1.807) is 23.7 Å². The Balaban J connectivity index is 2.28. The number of thioether (sulfide) groups is 1. The van der Waals surface area contributed by atoms with E-state index < -0.39 is 0 Å². The van der Waals surface area contributed by atoms with E-state index in [2.05, 4.69) is 4.98 Å². The van der Waals surface area contributed by atoms with Crippen LogP contribution in [0.3, 0.4) is 0 Å². The number of hydrogen-bond donors (Lipinski definition) is 1. The Hall–Kier alpha value is -2.01. The summed E-state index contributed by atoms with van der Waals surface area (Å²) in [6.45, 7) is 2.02. The third kappa shape index (κ3) is 2.17. The lowest BCUT2D eigenvalue weighted by Gasteiger charge is -2.19. The molecule has 0 saturated heterocycles. The zero-order valence-corrected chi connectivity index (χ0v) is 13.0. The number of fused-ring (bicyclic) bond motifs is 1. The number of benzene rings is 1. The molecule has 1 aromatic heterocycles. The van der Waals surface area contributed by atoms with E-state index >= 15 is 0 Å². The second-order valence-electron chi connectivity index (χ2n) is 5.21. The first kappa shape index (κ1) is 13.9. The van der Waals surface area contributed by atoms with Gasteiger partial charge in [0.2, 0.25) is 5.56 Å². The van der Waals surface area contributed by atoms with Gasteiger partial charge in [0, 0.05) is 18.7 Å². The lowest BCUT2D eigenvalue weighted by Crippen LogP contribution is -2.21. The third-order valence-corrected chi connectivity index (χ3v) is 4.79. The van der Waals surface area contributed by atoms with Crippen LogP contribution in [0.4, 0.5) is 0 Å². The quantitative estimate of drug-likeness (QED) is 0.928. The van der Waals surface area contributed by atoms with E-state index in [0.717, 1.165) is 22.4 Å². The largest absolute Gasteiger partial charge is 0.325 e. The smallest absolute Gasteiger partial charge is 0.255 e. The Morgan fingerprint density at radius 3 is 2.48 bits per heavy atom. The monoisotopic (exact) mass is 300 g/mol. The van der Waals surface area contributed by atoms with Crippen molar-refractivity contribution in [2.75, 3.05) is 13.3 Å². The van der Waals surface area contributed by atoms with Gasteiger partial charge in [-0.25, -0.2) is 0 Å². The van der Waals surface area contributed by atoms with Gasteiger partial charge in [-0.3, -0.25) is 9.59 Å². The number of aromatic nitrogens is 1. The van der Waals surface area contributed by atoms with Gasteiger partial charge in [0.15, 0.2) is 0 Å². The SMILES string of the molecule is CSC1c2c(cc(=O)[nH]c2-c2ccc(C)cc2)C(=O)N1C. The number of hydrogen-bond acceptors (Lipinski definition) is 3. The minimum atomic E-state index is -0.243. The Bertz CT molecular complexity index is 765. The van der Waals surface area contributed by atoms with Crippen LogP contribution in [0.1, 0.15) is 26.9 Å². The molecule has 1 aromatic carbocycles. The van der Waals surface area contributed by atoms with Crippen LogP contribution in [-0.4, -0.2) is 29.1 Å². The van der Waals surface area contributed by atoms with E-state index in [1.165, 1.54) is 6.07 Å². The highest BCUT2D eigenvalue weighted by atomic mass is 32.2. The molecule has 108 valence electrons. The summed E-state index contributed by atoms with van der Waals surface area (Å²) in [5.74, 6) is -0.0937. The van der Waals surface area contributed by atoms with Gasteiger partial charge in [-0.2, -0.15) is 0 Å². The molecule has 1 amide bonds. The highest BCUT2D eigenvalue weighted by molar-refractivity contribution is 7.98. The van der Waals surface area contributed by atoms with Gasteiger partial charge in [0.1, 0.15) is 5.37 Å². The maximum atomic E-state index is 12.3. The molecule has 21 heavy (non-hydrogen) atoms. The van der Waals surface area contributed by atoms with Crippen LogP contribution < -0.4 is 5.56 Å². The fourth-order valence-electron chi connectivity index (χ4n) is 2.72. The average Bonchev–Trinajstić information content (AvgIpc) is 2.71. The topological polar surface area (TPSA) is 53.2 Å². The van der Waals surface area contributed by atoms with Crippen molar-refractivity contribution >= 4 is 17.7 Å². The number of aryl methyl sites for hydroxylation is 1. The molecule has 1 aliphatic heterocycles. The van der Waals surface area contributed by atoms with Gasteiger partial charge in [0.25, 0.3) is 5.91 Å². The normalized spacial score (nSPS) is 17.2. The molecule has 3 rings (SSSR count). The number of carbonyl (C=O) groups excluding carboxylic acids is 1. The molecule has 0 bridgehead atoms. The van der Waals surface area contributed by atoms with Crippen molar-refractivity contribution in [3.63, 3.8) is 0 Å². The molecule has 0 fully saturated rings. The van der Waals surface area contributed by atoms with Crippen LogP contribution in [0, 0.1) is 6.92 Å². The van der Waals surface area contributed by atoms with Crippen molar-refractivity contribution in [3.05, 3.63) is 57.4 Å². The van der Waals surface area contributed by atoms with Gasteiger partial charge in [-0.15, -0.1) is 11.8 Å². The van der Waals surface area contributed by atoms with Gasteiger partial charge >= 0.3 is 0 Å². The Labute approximate surface area is 127 Å². The summed E-state index contributed by atoms with van der Waals surface area (Å²) in [7, 11) is 1.77. The van der Waals surface area contributed by atoms with E-state index in [9.17, 15) is 9.59 Å². The van der Waals surface area contributed by atoms with E-state index in [-0.39, 0.29) is 16.8 Å². The van der Waals surface area contributed by atoms with Gasteiger partial charge < -0.3 is 9.88 Å². The maximum Gasteiger partial charge on any atom is 0.255 e. The van der Waals surface area contributed by atoms with Crippen LogP contribution in [0.5, 0.6) is 0 Å². The van der Waals surface area contributed by atoms with Crippen molar-refractivity contribution in [2.45, 2.75) is 12.3 Å². The van der Waals surface area contributed by atoms with Gasteiger partial charge in [-0.1, -0.05) is 29.8 Å². The van der Waals surface area contributed by atoms with Crippen molar-refractivity contribution in [2.24, 2.45) is 0 Å². The lowest BCUT2D eigenvalue weighted by atomic mass is 10.0. The molecule has 2 heterocycles. The first-order chi connectivity index (χ1) is 10.0. The summed E-state index contributed by atoms with van der Waals surface area (Å²) in [6.07, 6.45) is 1.97. The molecule has 0 saturated carbocycles. The molecular formula is C16H16N2O2S. The number of nitrogens with zero attached hydrogens (tertiary/aromatic N) is 1. The molecule has 1 unspecified atom stereocenters. The molecule has 2 aromatic rings. The minimum absolute atomic E-state index is 0.0688. The molecular weight excluding hydrogens is 284 g/mol. The van der Waals surface area contributed by atoms with Crippen LogP contribution in [-0.2, 0) is 0 Å². The zero-order valence-electron chi connectivity index (χ0n) is 12.1. The van der Waals surface area contributed by atoms with Crippen LogP contribution in [0.15, 0.2) is 35.1 Å². The summed E-state index contributed by atoms with van der Waals surface area (Å²) in [5, 5.41) is -0.0688. The van der Waals surface area contributed by atoms with Crippen molar-refractivity contribution in [1.29, 1.82) is 0 Å². The number of H-pyrrole nitrogens is 1. The molecule has 1 N–H and O–H groups in total. The molecule has 0 aliphatic carbocycles. The predicted molar refractivity (Wildman–Crippen MR) is 85.6 cm³/mol. The predicted octanol–water partition coefficient (Wildman–Crippen LogP) is 2.80. The van der Waals surface area contributed by atoms with Gasteiger partial charge in [-0.05, 0) is 18.7 Å². The molecule has 0 spiro atoms. The number of rotatable bonds is 2. The highest BCUT2D eigenvalue weighted by Crippen LogP contribution is 2.42. The van der Waals surface area contributed by atoms with E-state index in [1.807, 2.05) is 37.4 Å². The molecule has 0 radical (unpaired) electrons. The first-order valence-electron chi connectivity index (χ1n) is 6.67. The summed E-state index contributed by atoms with van der Waals surface area (Å²) >= 11 is 1.59. The van der Waals surface area contributed by atoms with Gasteiger partial charge in [0.05, 0.1) is 11.3 Å². The summed E-state index contributed by atoms with van der Waals surface area (Å²) in [4.78, 5) is 28.8. The average molecular weight is 300 g/mol. The number of nitrogens with one attached hydrogen (secondary N) is 1. The second-order valence-corrected chi connectivity index (χ2v) is 6.12. The van der Waals surface area contributed by atoms with Crippen LogP contribution in [0.25, 0.3) is 11.3 Å². The third-order valence-electron chi connectivity index (χ3n) is 3.80. The molecule has 1 aliphatic rings. The molecule has 5 heteroatoms. The number of aromatic amines is 1. The number of pyridine rings is 1. The van der Waals surface area contributed by atoms with Crippen LogP contribution in [0.2, 0.25) is 0 Å². The Morgan fingerprint density at radius 1 is 1.19 bits per heavy atom. The number of carbonyl (C=O) groups is 1. The fraction of sp³-hybridized carbons (Fsp3) is 0.250. The Morgan fingerprint density at radius 2 is 1.86 bits per heavy atom. The highest BCUT2D eigenvalue weighted by Gasteiger charge is 2.36. The lowest BCUT2D eigenvalue weighted by molar-refractivity contribution is 0.0813. The summed E-state index contributed by atoms with van der Waals surface area (Å²) in [5.41, 5.74) is 4.00. The first-order valence-corrected chi connectivity index (χ1v) is 7.96. The summed E-state index contributed by atoms with van der Waals surface area (Å²) in [6, 6.07) is 9.35. The van der Waals surface area contributed by atoms with E-state index in [0.29, 0.717) is 5.56 Å². The standard InChI is InChI=1S/C16H16N2O2S/c1-9-4-6-10(7-5-9)14-13-11(8-12(19)17-14)15(20)18(2)16(13)21-3/h4-8,16H,1-3H3,(H,17,19). The van der Waals surface area contributed by atoms with E-state index in [4.69, 9.17) is 0 Å². The molecule has 1 atom stereocenters. The minimum Gasteiger partial charge on any atom is -0.325 e. The Kier molecular flexibility index (Phi) is 3.37.